The number of hydrogen-bond acceptors (Lipinski definition) is 3. The van der Waals surface area contributed by atoms with Gasteiger partial charge in [-0.2, -0.15) is 0 Å². The van der Waals surface area contributed by atoms with E-state index in [1.54, 1.807) is 10.6 Å². The Morgan fingerprint density at radius 1 is 1.27 bits per heavy atom. The molecule has 0 saturated heterocycles. The Hall–Kier alpha value is -1.47. The van der Waals surface area contributed by atoms with Crippen LogP contribution in [-0.4, -0.2) is 14.5 Å². The molecule has 0 radical (unpaired) electrons. The van der Waals surface area contributed by atoms with E-state index >= 15 is 0 Å². The van der Waals surface area contributed by atoms with E-state index in [9.17, 15) is 4.79 Å². The Labute approximate surface area is 145 Å². The van der Waals surface area contributed by atoms with Crippen LogP contribution in [0.2, 0.25) is 5.15 Å². The Bertz CT molecular complexity index is 997. The number of aromatic nitrogens is 3. The van der Waals surface area contributed by atoms with Crippen molar-refractivity contribution in [3.63, 3.8) is 0 Å². The van der Waals surface area contributed by atoms with Crippen molar-refractivity contribution >= 4 is 45.1 Å². The lowest BCUT2D eigenvalue weighted by molar-refractivity contribution is 0.641. The summed E-state index contributed by atoms with van der Waals surface area (Å²) < 4.78 is 2.73. The minimum atomic E-state index is 0.0159. The first-order chi connectivity index (χ1) is 10.5. The molecule has 2 aromatic heterocycles. The van der Waals surface area contributed by atoms with Gasteiger partial charge in [0.15, 0.2) is 0 Å². The third-order valence-corrected chi connectivity index (χ3v) is 4.94. The van der Waals surface area contributed by atoms with E-state index in [2.05, 4.69) is 27.6 Å². The van der Waals surface area contributed by atoms with Crippen LogP contribution in [0.3, 0.4) is 0 Å². The summed E-state index contributed by atoms with van der Waals surface area (Å²) in [6.45, 7) is 2.58. The molecular formula is C16H11ClIN3O. The molecule has 3 aromatic rings. The first-order valence-electron chi connectivity index (χ1n) is 6.91. The van der Waals surface area contributed by atoms with Crippen LogP contribution >= 0.6 is 34.2 Å². The van der Waals surface area contributed by atoms with Crippen LogP contribution in [0.1, 0.15) is 11.3 Å². The molecule has 22 heavy (non-hydrogen) atoms. The van der Waals surface area contributed by atoms with E-state index in [0.29, 0.717) is 29.3 Å². The maximum Gasteiger partial charge on any atom is 0.261 e. The van der Waals surface area contributed by atoms with Crippen LogP contribution in [0, 0.1) is 10.5 Å². The predicted octanol–water partition coefficient (Wildman–Crippen LogP) is 3.58. The zero-order valence-electron chi connectivity index (χ0n) is 11.7. The predicted molar refractivity (Wildman–Crippen MR) is 95.4 cm³/mol. The number of rotatable bonds is 0. The summed E-state index contributed by atoms with van der Waals surface area (Å²) >= 11 is 8.20. The number of hydrogen-bond donors (Lipinski definition) is 0. The van der Waals surface area contributed by atoms with Crippen molar-refractivity contribution in [2.24, 2.45) is 0 Å². The minimum Gasteiger partial charge on any atom is -0.292 e. The molecule has 3 heterocycles. The Morgan fingerprint density at radius 2 is 2.09 bits per heavy atom. The van der Waals surface area contributed by atoms with E-state index in [4.69, 9.17) is 16.6 Å². The van der Waals surface area contributed by atoms with Crippen molar-refractivity contribution in [2.45, 2.75) is 19.9 Å². The molecule has 0 aliphatic carbocycles. The standard InChI is InChI=1S/C16H11ClIN3O/c1-8-6-10-14(11(18)7-8)20-15-9-2-3-13(17)19-12(9)4-5-21(15)16(10)22/h2-3,6-7H,4-5H2,1H3. The van der Waals surface area contributed by atoms with Crippen LogP contribution in [0.5, 0.6) is 0 Å². The van der Waals surface area contributed by atoms with Gasteiger partial charge in [0.25, 0.3) is 5.56 Å². The quantitative estimate of drug-likeness (QED) is 0.410. The highest BCUT2D eigenvalue weighted by Gasteiger charge is 2.22. The van der Waals surface area contributed by atoms with Crippen molar-refractivity contribution in [3.05, 3.63) is 54.6 Å². The van der Waals surface area contributed by atoms with Crippen molar-refractivity contribution in [2.75, 3.05) is 0 Å². The smallest absolute Gasteiger partial charge is 0.261 e. The molecule has 0 unspecified atom stereocenters. The maximum atomic E-state index is 12.8. The number of fused-ring (bicyclic) bond motifs is 4. The lowest BCUT2D eigenvalue weighted by atomic mass is 10.1. The van der Waals surface area contributed by atoms with Gasteiger partial charge in [-0.15, -0.1) is 0 Å². The Balaban J connectivity index is 2.12. The van der Waals surface area contributed by atoms with Crippen molar-refractivity contribution in [1.29, 1.82) is 0 Å². The third-order valence-electron chi connectivity index (χ3n) is 3.91. The molecule has 6 heteroatoms. The second kappa shape index (κ2) is 5.03. The van der Waals surface area contributed by atoms with Gasteiger partial charge in [0.1, 0.15) is 11.0 Å². The molecule has 0 fully saturated rings. The molecule has 1 aromatic carbocycles. The largest absolute Gasteiger partial charge is 0.292 e. The Kier molecular flexibility index (Phi) is 3.23. The average molecular weight is 424 g/mol. The van der Waals surface area contributed by atoms with Crippen LogP contribution in [0.15, 0.2) is 29.1 Å². The van der Waals surface area contributed by atoms with E-state index in [1.165, 1.54) is 0 Å². The molecule has 0 atom stereocenters. The second-order valence-corrected chi connectivity index (χ2v) is 6.96. The summed E-state index contributed by atoms with van der Waals surface area (Å²) in [5, 5.41) is 1.15. The molecule has 0 saturated carbocycles. The lowest BCUT2D eigenvalue weighted by Gasteiger charge is -2.21. The highest BCUT2D eigenvalue weighted by Crippen LogP contribution is 2.29. The number of halogens is 2. The topological polar surface area (TPSA) is 47.8 Å². The zero-order chi connectivity index (χ0) is 15.4. The third kappa shape index (κ3) is 2.06. The van der Waals surface area contributed by atoms with Crippen molar-refractivity contribution in [1.82, 2.24) is 14.5 Å². The van der Waals surface area contributed by atoms with E-state index in [-0.39, 0.29) is 5.56 Å². The molecular weight excluding hydrogens is 413 g/mol. The molecule has 0 amide bonds. The number of nitrogens with zero attached hydrogens (tertiary/aromatic N) is 3. The molecule has 0 bridgehead atoms. The van der Waals surface area contributed by atoms with Gasteiger partial charge < -0.3 is 0 Å². The summed E-state index contributed by atoms with van der Waals surface area (Å²) in [6.07, 6.45) is 0.693. The maximum absolute atomic E-state index is 12.8. The SMILES string of the molecule is Cc1cc(I)c2nc3n(c(=O)c2c1)CCc1nc(Cl)ccc1-3. The molecule has 0 N–H and O–H groups in total. The van der Waals surface area contributed by atoms with Crippen LogP contribution in [0.25, 0.3) is 22.3 Å². The van der Waals surface area contributed by atoms with Gasteiger partial charge >= 0.3 is 0 Å². The van der Waals surface area contributed by atoms with Gasteiger partial charge in [0, 0.05) is 22.1 Å². The lowest BCUT2D eigenvalue weighted by Crippen LogP contribution is -2.28. The zero-order valence-corrected chi connectivity index (χ0v) is 14.6. The van der Waals surface area contributed by atoms with Crippen molar-refractivity contribution < 1.29 is 0 Å². The first kappa shape index (κ1) is 14.1. The average Bonchev–Trinajstić information content (AvgIpc) is 2.48. The fourth-order valence-electron chi connectivity index (χ4n) is 2.92. The number of aryl methyl sites for hydroxylation is 2. The molecule has 110 valence electrons. The van der Waals surface area contributed by atoms with Crippen LogP contribution in [-0.2, 0) is 13.0 Å². The summed E-state index contributed by atoms with van der Waals surface area (Å²) in [7, 11) is 0. The summed E-state index contributed by atoms with van der Waals surface area (Å²) in [6, 6.07) is 7.59. The normalized spacial score (nSPS) is 13.0. The summed E-state index contributed by atoms with van der Waals surface area (Å²) in [5.74, 6) is 0.685. The minimum absolute atomic E-state index is 0.0159. The van der Waals surface area contributed by atoms with Gasteiger partial charge in [-0.1, -0.05) is 11.6 Å². The second-order valence-electron chi connectivity index (χ2n) is 5.41. The van der Waals surface area contributed by atoms with Gasteiger partial charge in [0.2, 0.25) is 0 Å². The van der Waals surface area contributed by atoms with Gasteiger partial charge in [-0.05, 0) is 59.3 Å². The highest BCUT2D eigenvalue weighted by atomic mass is 127. The molecule has 4 nitrogen and oxygen atoms in total. The van der Waals surface area contributed by atoms with Crippen LogP contribution < -0.4 is 5.56 Å². The highest BCUT2D eigenvalue weighted by molar-refractivity contribution is 14.1. The van der Waals surface area contributed by atoms with Gasteiger partial charge in [0.05, 0.1) is 16.6 Å². The first-order valence-corrected chi connectivity index (χ1v) is 8.37. The van der Waals surface area contributed by atoms with Crippen molar-refractivity contribution in [3.8, 4) is 11.4 Å². The number of benzene rings is 1. The molecule has 1 aliphatic rings. The molecule has 4 rings (SSSR count). The molecule has 0 spiro atoms. The fraction of sp³-hybridized carbons (Fsp3) is 0.188. The Morgan fingerprint density at radius 3 is 2.91 bits per heavy atom. The summed E-state index contributed by atoms with van der Waals surface area (Å²) in [5.41, 5.74) is 3.64. The van der Waals surface area contributed by atoms with Gasteiger partial charge in [-0.3, -0.25) is 9.36 Å². The van der Waals surface area contributed by atoms with E-state index in [0.717, 1.165) is 25.9 Å². The van der Waals surface area contributed by atoms with Crippen LogP contribution in [0.4, 0.5) is 0 Å². The monoisotopic (exact) mass is 423 g/mol. The van der Waals surface area contributed by atoms with E-state index in [1.807, 2.05) is 25.1 Å². The fourth-order valence-corrected chi connectivity index (χ4v) is 3.99. The molecule has 1 aliphatic heterocycles. The number of pyridine rings is 1. The van der Waals surface area contributed by atoms with E-state index < -0.39 is 0 Å². The van der Waals surface area contributed by atoms with Gasteiger partial charge in [-0.25, -0.2) is 9.97 Å². The summed E-state index contributed by atoms with van der Waals surface area (Å²) in [4.78, 5) is 22.0.